The maximum atomic E-state index is 12.7. The van der Waals surface area contributed by atoms with Crippen LogP contribution in [0.2, 0.25) is 0 Å². The van der Waals surface area contributed by atoms with Gasteiger partial charge in [-0.1, -0.05) is 0 Å². The van der Waals surface area contributed by atoms with E-state index in [1.807, 2.05) is 0 Å². The van der Waals surface area contributed by atoms with Crippen molar-refractivity contribution < 1.29 is 33.0 Å². The highest BCUT2D eigenvalue weighted by molar-refractivity contribution is 5.89. The smallest absolute Gasteiger partial charge is 0.441 e. The number of hydrogen-bond donors (Lipinski definition) is 0. The molecule has 1 aromatic rings. The predicted octanol–water partition coefficient (Wildman–Crippen LogP) is 1.36. The molecule has 110 valence electrons. The summed E-state index contributed by atoms with van der Waals surface area (Å²) >= 11 is 0. The summed E-state index contributed by atoms with van der Waals surface area (Å²) in [4.78, 5) is 21.7. The normalized spacial score (nSPS) is 11.8. The minimum absolute atomic E-state index is 0.129. The number of rotatable bonds is 4. The monoisotopic (exact) mass is 287 g/mol. The molecule has 1 rings (SSSR count). The Balaban J connectivity index is 2.80. The highest BCUT2D eigenvalue weighted by atomic mass is 19.3. The first kappa shape index (κ1) is 15.9. The Morgan fingerprint density at radius 2 is 1.60 bits per heavy atom. The number of esters is 1. The maximum Gasteiger partial charge on any atom is 0.441 e. The Morgan fingerprint density at radius 1 is 1.10 bits per heavy atom. The first-order valence-electron chi connectivity index (χ1n) is 5.63. The lowest BCUT2D eigenvalue weighted by molar-refractivity contribution is -0.350. The number of hydrogen-bond acceptors (Lipinski definition) is 5. The van der Waals surface area contributed by atoms with Crippen LogP contribution in [0.25, 0.3) is 0 Å². The largest absolute Gasteiger partial charge is 0.541 e. The fourth-order valence-corrected chi connectivity index (χ4v) is 1.19. The van der Waals surface area contributed by atoms with Gasteiger partial charge in [-0.05, 0) is 45.0 Å². The summed E-state index contributed by atoms with van der Waals surface area (Å²) in [6.45, 7) is 5.05. The molecule has 0 unspecified atom stereocenters. The zero-order valence-electron chi connectivity index (χ0n) is 11.1. The van der Waals surface area contributed by atoms with Gasteiger partial charge in [-0.15, -0.1) is 0 Å². The molecule has 0 spiro atoms. The second-order valence-corrected chi connectivity index (χ2v) is 4.93. The van der Waals surface area contributed by atoms with Gasteiger partial charge in [0.25, 0.3) is 0 Å². The third kappa shape index (κ3) is 4.49. The van der Waals surface area contributed by atoms with E-state index in [0.29, 0.717) is 0 Å². The lowest BCUT2D eigenvalue weighted by atomic mass is 10.1. The molecule has 0 aliphatic rings. The van der Waals surface area contributed by atoms with E-state index in [-0.39, 0.29) is 5.56 Å². The average molecular weight is 287 g/mol. The number of ether oxygens (including phenoxy) is 2. The van der Waals surface area contributed by atoms with Gasteiger partial charge in [0.15, 0.2) is 5.97 Å². The van der Waals surface area contributed by atoms with Crippen LogP contribution in [-0.4, -0.2) is 23.6 Å². The van der Waals surface area contributed by atoms with Gasteiger partial charge in [-0.25, -0.2) is 4.79 Å². The Labute approximate surface area is 114 Å². The number of halogens is 2. The molecular weight excluding hydrogens is 274 g/mol. The third-order valence-electron chi connectivity index (χ3n) is 1.97. The molecular formula is C13H13F2O5-. The molecule has 0 amide bonds. The van der Waals surface area contributed by atoms with Gasteiger partial charge < -0.3 is 19.4 Å². The second-order valence-electron chi connectivity index (χ2n) is 4.93. The lowest BCUT2D eigenvalue weighted by Crippen LogP contribution is -2.45. The van der Waals surface area contributed by atoms with E-state index in [4.69, 9.17) is 4.74 Å². The standard InChI is InChI=1S/C13H14F2O5/c1-12(2,3)20-10(16)8-4-6-9(7-5-8)19-13(14,15)11(17)18/h4-7H,1-3H3,(H,17,18)/p-1. The van der Waals surface area contributed by atoms with Gasteiger partial charge in [-0.2, -0.15) is 8.78 Å². The Morgan fingerprint density at radius 3 is 2.00 bits per heavy atom. The van der Waals surface area contributed by atoms with Crippen LogP contribution in [0.3, 0.4) is 0 Å². The van der Waals surface area contributed by atoms with Crippen molar-refractivity contribution in [2.45, 2.75) is 32.5 Å². The number of benzene rings is 1. The molecule has 20 heavy (non-hydrogen) atoms. The van der Waals surface area contributed by atoms with Crippen LogP contribution in [0.1, 0.15) is 31.1 Å². The fourth-order valence-electron chi connectivity index (χ4n) is 1.19. The number of carbonyl (C=O) groups is 2. The predicted molar refractivity (Wildman–Crippen MR) is 62.2 cm³/mol. The molecule has 0 aliphatic carbocycles. The van der Waals surface area contributed by atoms with Crippen molar-refractivity contribution in [1.29, 1.82) is 0 Å². The van der Waals surface area contributed by atoms with E-state index in [2.05, 4.69) is 4.74 Å². The number of alkyl halides is 2. The Bertz CT molecular complexity index is 502. The Kier molecular flexibility index (Phi) is 4.32. The summed E-state index contributed by atoms with van der Waals surface area (Å²) in [5.41, 5.74) is -0.558. The minimum atomic E-state index is -4.44. The van der Waals surface area contributed by atoms with Gasteiger partial charge in [0, 0.05) is 0 Å². The molecule has 5 nitrogen and oxygen atoms in total. The van der Waals surface area contributed by atoms with Crippen molar-refractivity contribution in [2.24, 2.45) is 0 Å². The average Bonchev–Trinajstić information content (AvgIpc) is 2.26. The van der Waals surface area contributed by atoms with Crippen molar-refractivity contribution in [3.05, 3.63) is 29.8 Å². The van der Waals surface area contributed by atoms with Crippen molar-refractivity contribution in [3.8, 4) is 5.75 Å². The molecule has 1 aromatic carbocycles. The van der Waals surface area contributed by atoms with Crippen LogP contribution in [0.4, 0.5) is 8.78 Å². The molecule has 0 fully saturated rings. The van der Waals surface area contributed by atoms with Gasteiger partial charge in [0.1, 0.15) is 11.4 Å². The number of carbonyl (C=O) groups excluding carboxylic acids is 2. The number of carboxylic acids is 1. The third-order valence-corrected chi connectivity index (χ3v) is 1.97. The van der Waals surface area contributed by atoms with E-state index < -0.39 is 29.4 Å². The van der Waals surface area contributed by atoms with Crippen LogP contribution in [0.5, 0.6) is 5.75 Å². The molecule has 7 heteroatoms. The van der Waals surface area contributed by atoms with E-state index in [1.54, 1.807) is 20.8 Å². The summed E-state index contributed by atoms with van der Waals surface area (Å²) in [5, 5.41) is 10.1. The summed E-state index contributed by atoms with van der Waals surface area (Å²) in [5.74, 6) is -3.68. The molecule has 0 saturated heterocycles. The van der Waals surface area contributed by atoms with E-state index in [1.165, 1.54) is 12.1 Å². The van der Waals surface area contributed by atoms with Crippen molar-refractivity contribution in [3.63, 3.8) is 0 Å². The van der Waals surface area contributed by atoms with Crippen molar-refractivity contribution in [1.82, 2.24) is 0 Å². The molecule has 0 aliphatic heterocycles. The maximum absolute atomic E-state index is 12.7. The van der Waals surface area contributed by atoms with Gasteiger partial charge in [0.2, 0.25) is 0 Å². The molecule has 0 bridgehead atoms. The van der Waals surface area contributed by atoms with Gasteiger partial charge in [-0.3, -0.25) is 0 Å². The van der Waals surface area contributed by atoms with Crippen LogP contribution < -0.4 is 9.84 Å². The quantitative estimate of drug-likeness (QED) is 0.782. The molecule has 0 aromatic heterocycles. The molecule has 0 heterocycles. The Hall–Kier alpha value is -2.18. The second kappa shape index (κ2) is 5.44. The lowest BCUT2D eigenvalue weighted by Gasteiger charge is -2.20. The van der Waals surface area contributed by atoms with Gasteiger partial charge >= 0.3 is 12.1 Å². The first-order valence-corrected chi connectivity index (χ1v) is 5.63. The van der Waals surface area contributed by atoms with Crippen LogP contribution in [0, 0.1) is 0 Å². The fraction of sp³-hybridized carbons (Fsp3) is 0.385. The van der Waals surface area contributed by atoms with E-state index in [0.717, 1.165) is 12.1 Å². The highest BCUT2D eigenvalue weighted by Gasteiger charge is 2.34. The zero-order valence-corrected chi connectivity index (χ0v) is 11.1. The minimum Gasteiger partial charge on any atom is -0.541 e. The highest BCUT2D eigenvalue weighted by Crippen LogP contribution is 2.22. The van der Waals surface area contributed by atoms with Gasteiger partial charge in [0.05, 0.1) is 5.56 Å². The van der Waals surface area contributed by atoms with E-state index in [9.17, 15) is 23.5 Å². The first-order chi connectivity index (χ1) is 9.01. The number of aliphatic carboxylic acids is 1. The topological polar surface area (TPSA) is 75.7 Å². The number of carboxylic acid groups (broad SMARTS) is 1. The summed E-state index contributed by atoms with van der Waals surface area (Å²) < 4.78 is 34.5. The molecule has 0 atom stereocenters. The summed E-state index contributed by atoms with van der Waals surface area (Å²) in [6, 6.07) is 4.45. The van der Waals surface area contributed by atoms with Crippen molar-refractivity contribution in [2.75, 3.05) is 0 Å². The zero-order chi connectivity index (χ0) is 15.6. The summed E-state index contributed by atoms with van der Waals surface area (Å²) in [7, 11) is 0. The molecule has 0 saturated carbocycles. The van der Waals surface area contributed by atoms with Crippen molar-refractivity contribution >= 4 is 11.9 Å². The van der Waals surface area contributed by atoms with Crippen LogP contribution >= 0.6 is 0 Å². The SMILES string of the molecule is CC(C)(C)OC(=O)c1ccc(OC(F)(F)C(=O)[O-])cc1. The summed E-state index contributed by atoms with van der Waals surface area (Å²) in [6.07, 6.45) is -4.44. The van der Waals surface area contributed by atoms with E-state index >= 15 is 0 Å². The van der Waals surface area contributed by atoms with Crippen LogP contribution in [0.15, 0.2) is 24.3 Å². The molecule has 0 N–H and O–H groups in total. The van der Waals surface area contributed by atoms with Crippen LogP contribution in [-0.2, 0) is 9.53 Å². The molecule has 0 radical (unpaired) electrons.